The molecule has 0 atom stereocenters. The van der Waals surface area contributed by atoms with Crippen LogP contribution in [0.3, 0.4) is 0 Å². The number of para-hydroxylation sites is 1. The number of carbonyl (C=O) groups is 1. The van der Waals surface area contributed by atoms with Crippen molar-refractivity contribution in [3.63, 3.8) is 0 Å². The van der Waals surface area contributed by atoms with Gasteiger partial charge in [0.1, 0.15) is 11.5 Å². The van der Waals surface area contributed by atoms with E-state index >= 15 is 0 Å². The van der Waals surface area contributed by atoms with Gasteiger partial charge in [-0.05, 0) is 42.2 Å². The molecule has 26 heavy (non-hydrogen) atoms. The number of thioether (sulfide) groups is 1. The molecule has 0 aliphatic heterocycles. The van der Waals surface area contributed by atoms with Gasteiger partial charge in [0.05, 0.1) is 12.2 Å². The Morgan fingerprint density at radius 3 is 2.58 bits per heavy atom. The van der Waals surface area contributed by atoms with Crippen LogP contribution in [0.2, 0.25) is 0 Å². The summed E-state index contributed by atoms with van der Waals surface area (Å²) in [6.45, 7) is 0.154. The Bertz CT molecular complexity index is 987. The molecule has 3 rings (SSSR count). The zero-order chi connectivity index (χ0) is 18.5. The van der Waals surface area contributed by atoms with Crippen molar-refractivity contribution in [1.29, 1.82) is 0 Å². The molecule has 0 unspecified atom stereocenters. The predicted octanol–water partition coefficient (Wildman–Crippen LogP) is 3.40. The fourth-order valence-electron chi connectivity index (χ4n) is 2.38. The molecule has 7 heteroatoms. The fraction of sp³-hybridized carbons (Fsp3) is 0.105. The molecule has 0 fully saturated rings. The van der Waals surface area contributed by atoms with E-state index in [4.69, 9.17) is 0 Å². The third kappa shape index (κ3) is 4.18. The number of carbonyl (C=O) groups excluding carboxylic acids is 1. The Kier molecular flexibility index (Phi) is 5.48. The minimum absolute atomic E-state index is 0.127. The summed E-state index contributed by atoms with van der Waals surface area (Å²) in [5.41, 5.74) is 1.19. The van der Waals surface area contributed by atoms with E-state index in [-0.39, 0.29) is 23.6 Å². The molecule has 5 nitrogen and oxygen atoms in total. The first-order valence-electron chi connectivity index (χ1n) is 7.84. The van der Waals surface area contributed by atoms with Gasteiger partial charge in [0, 0.05) is 11.0 Å². The van der Waals surface area contributed by atoms with Crippen LogP contribution in [0.15, 0.2) is 70.4 Å². The van der Waals surface area contributed by atoms with E-state index in [1.807, 2.05) is 24.5 Å². The number of nitrogens with zero attached hydrogens (tertiary/aromatic N) is 2. The molecule has 1 heterocycles. The molecular formula is C19H16FN3O2S. The first kappa shape index (κ1) is 17.9. The Balaban J connectivity index is 1.83. The lowest BCUT2D eigenvalue weighted by Crippen LogP contribution is -2.26. The normalized spacial score (nSPS) is 10.5. The van der Waals surface area contributed by atoms with Gasteiger partial charge >= 0.3 is 0 Å². The van der Waals surface area contributed by atoms with Crippen molar-refractivity contribution in [2.24, 2.45) is 0 Å². The Morgan fingerprint density at radius 2 is 1.85 bits per heavy atom. The molecule has 0 spiro atoms. The summed E-state index contributed by atoms with van der Waals surface area (Å²) >= 11 is 1.52. The SMILES string of the molecule is CSc1ccccc1NC(=O)c1ccc(=O)n(Cc2ccc(F)cc2)n1. The van der Waals surface area contributed by atoms with Crippen LogP contribution < -0.4 is 10.9 Å². The third-order valence-corrected chi connectivity index (χ3v) is 4.50. The van der Waals surface area contributed by atoms with Crippen LogP contribution in [0, 0.1) is 5.82 Å². The monoisotopic (exact) mass is 369 g/mol. The summed E-state index contributed by atoms with van der Waals surface area (Å²) in [7, 11) is 0. The predicted molar refractivity (Wildman–Crippen MR) is 100 cm³/mol. The second-order valence-corrected chi connectivity index (χ2v) is 6.34. The summed E-state index contributed by atoms with van der Waals surface area (Å²) in [4.78, 5) is 25.4. The lowest BCUT2D eigenvalue weighted by atomic mass is 10.2. The van der Waals surface area contributed by atoms with E-state index in [2.05, 4.69) is 10.4 Å². The van der Waals surface area contributed by atoms with Crippen LogP contribution in [0.4, 0.5) is 10.1 Å². The highest BCUT2D eigenvalue weighted by atomic mass is 32.2. The maximum atomic E-state index is 13.0. The van der Waals surface area contributed by atoms with Crippen LogP contribution in [-0.4, -0.2) is 21.9 Å². The summed E-state index contributed by atoms with van der Waals surface area (Å²) < 4.78 is 14.2. The molecule has 0 bridgehead atoms. The van der Waals surface area contributed by atoms with E-state index < -0.39 is 5.91 Å². The van der Waals surface area contributed by atoms with Gasteiger partial charge in [-0.25, -0.2) is 9.07 Å². The zero-order valence-electron chi connectivity index (χ0n) is 14.0. The van der Waals surface area contributed by atoms with Crippen molar-refractivity contribution in [2.75, 3.05) is 11.6 Å². The first-order valence-corrected chi connectivity index (χ1v) is 9.06. The van der Waals surface area contributed by atoms with Crippen LogP contribution in [-0.2, 0) is 6.54 Å². The number of hydrogen-bond acceptors (Lipinski definition) is 4. The molecule has 3 aromatic rings. The van der Waals surface area contributed by atoms with Gasteiger partial charge in [-0.3, -0.25) is 9.59 Å². The largest absolute Gasteiger partial charge is 0.320 e. The number of halogens is 1. The van der Waals surface area contributed by atoms with Gasteiger partial charge in [-0.2, -0.15) is 5.10 Å². The fourth-order valence-corrected chi connectivity index (χ4v) is 2.93. The first-order chi connectivity index (χ1) is 12.6. The molecule has 0 aliphatic carbocycles. The number of benzene rings is 2. The van der Waals surface area contributed by atoms with Gasteiger partial charge in [0.15, 0.2) is 0 Å². The molecular weight excluding hydrogens is 353 g/mol. The summed E-state index contributed by atoms with van der Waals surface area (Å²) in [5, 5.41) is 6.94. The molecule has 0 radical (unpaired) electrons. The molecule has 0 aliphatic rings. The third-order valence-electron chi connectivity index (χ3n) is 3.70. The van der Waals surface area contributed by atoms with Crippen LogP contribution in [0.5, 0.6) is 0 Å². The zero-order valence-corrected chi connectivity index (χ0v) is 14.8. The average molecular weight is 369 g/mol. The average Bonchev–Trinajstić information content (AvgIpc) is 2.65. The highest BCUT2D eigenvalue weighted by Crippen LogP contribution is 2.24. The van der Waals surface area contributed by atoms with E-state index in [1.165, 1.54) is 40.7 Å². The summed E-state index contributed by atoms with van der Waals surface area (Å²) in [5.74, 6) is -0.756. The van der Waals surface area contributed by atoms with Crippen molar-refractivity contribution in [1.82, 2.24) is 9.78 Å². The van der Waals surface area contributed by atoms with Crippen LogP contribution in [0.1, 0.15) is 16.1 Å². The lowest BCUT2D eigenvalue weighted by molar-refractivity contribution is 0.101. The van der Waals surface area contributed by atoms with Crippen molar-refractivity contribution >= 4 is 23.4 Å². The van der Waals surface area contributed by atoms with E-state index in [1.54, 1.807) is 18.2 Å². The van der Waals surface area contributed by atoms with Crippen molar-refractivity contribution in [2.45, 2.75) is 11.4 Å². The van der Waals surface area contributed by atoms with Crippen molar-refractivity contribution < 1.29 is 9.18 Å². The standard InChI is InChI=1S/C19H16FN3O2S/c1-26-17-5-3-2-4-15(17)21-19(25)16-10-11-18(24)23(22-16)12-13-6-8-14(20)9-7-13/h2-11H,12H2,1H3,(H,21,25). The van der Waals surface area contributed by atoms with Crippen molar-refractivity contribution in [3.8, 4) is 0 Å². The minimum atomic E-state index is -0.403. The van der Waals surface area contributed by atoms with Gasteiger partial charge in [-0.1, -0.05) is 24.3 Å². The number of nitrogens with one attached hydrogen (secondary N) is 1. The Hall–Kier alpha value is -2.93. The topological polar surface area (TPSA) is 64.0 Å². The molecule has 0 saturated carbocycles. The molecule has 1 aromatic heterocycles. The highest BCUT2D eigenvalue weighted by Gasteiger charge is 2.12. The minimum Gasteiger partial charge on any atom is -0.320 e. The van der Waals surface area contributed by atoms with Crippen LogP contribution >= 0.6 is 11.8 Å². The van der Waals surface area contributed by atoms with E-state index in [9.17, 15) is 14.0 Å². The van der Waals surface area contributed by atoms with Gasteiger partial charge in [0.2, 0.25) is 0 Å². The van der Waals surface area contributed by atoms with E-state index in [0.717, 1.165) is 4.90 Å². The lowest BCUT2D eigenvalue weighted by Gasteiger charge is -2.10. The molecule has 1 amide bonds. The number of rotatable bonds is 5. The molecule has 0 saturated heterocycles. The van der Waals surface area contributed by atoms with Gasteiger partial charge < -0.3 is 5.32 Å². The Morgan fingerprint density at radius 1 is 1.12 bits per heavy atom. The van der Waals surface area contributed by atoms with Crippen LogP contribution in [0.25, 0.3) is 0 Å². The quantitative estimate of drug-likeness (QED) is 0.700. The number of aromatic nitrogens is 2. The summed E-state index contributed by atoms with van der Waals surface area (Å²) in [6.07, 6.45) is 1.92. The van der Waals surface area contributed by atoms with Gasteiger partial charge in [0.25, 0.3) is 11.5 Å². The van der Waals surface area contributed by atoms with E-state index in [0.29, 0.717) is 11.3 Å². The van der Waals surface area contributed by atoms with Gasteiger partial charge in [-0.15, -0.1) is 11.8 Å². The molecule has 1 N–H and O–H groups in total. The number of anilines is 1. The number of amides is 1. The number of hydrogen-bond donors (Lipinski definition) is 1. The second-order valence-electron chi connectivity index (χ2n) is 5.50. The maximum Gasteiger partial charge on any atom is 0.276 e. The molecule has 2 aromatic carbocycles. The smallest absolute Gasteiger partial charge is 0.276 e. The maximum absolute atomic E-state index is 13.0. The molecule has 132 valence electrons. The Labute approximate surface area is 153 Å². The van der Waals surface area contributed by atoms with Crippen molar-refractivity contribution in [3.05, 3.63) is 88.1 Å². The highest BCUT2D eigenvalue weighted by molar-refractivity contribution is 7.98. The summed E-state index contributed by atoms with van der Waals surface area (Å²) in [6, 6.07) is 15.9. The second kappa shape index (κ2) is 7.97.